The average Bonchev–Trinajstić information content (AvgIpc) is 2.85. The SMILES string of the molecule is CN(c1cc2c(cn1)ncn2C)c1c(F)cc(C2CNC2)cc1F. The quantitative estimate of drug-likeness (QED) is 0.802. The van der Waals surface area contributed by atoms with Gasteiger partial charge >= 0.3 is 0 Å². The summed E-state index contributed by atoms with van der Waals surface area (Å²) < 4.78 is 30.9. The molecule has 5 nitrogen and oxygen atoms in total. The first-order valence-electron chi connectivity index (χ1n) is 7.75. The number of hydrogen-bond acceptors (Lipinski definition) is 4. The lowest BCUT2D eigenvalue weighted by Gasteiger charge is -2.28. The first-order valence-corrected chi connectivity index (χ1v) is 7.75. The summed E-state index contributed by atoms with van der Waals surface area (Å²) >= 11 is 0. The molecule has 1 N–H and O–H groups in total. The molecule has 1 aliphatic rings. The number of nitrogens with zero attached hydrogens (tertiary/aromatic N) is 4. The second kappa shape index (κ2) is 5.52. The number of aryl methyl sites for hydroxylation is 1. The molecule has 124 valence electrons. The summed E-state index contributed by atoms with van der Waals surface area (Å²) in [6.45, 7) is 1.51. The van der Waals surface area contributed by atoms with Gasteiger partial charge in [-0.05, 0) is 17.7 Å². The molecule has 0 spiro atoms. The topological polar surface area (TPSA) is 46.0 Å². The van der Waals surface area contributed by atoms with Crippen molar-refractivity contribution >= 4 is 22.5 Å². The Morgan fingerprint density at radius 3 is 2.50 bits per heavy atom. The van der Waals surface area contributed by atoms with Crippen LogP contribution in [0.15, 0.2) is 30.7 Å². The van der Waals surface area contributed by atoms with Gasteiger partial charge in [0.25, 0.3) is 0 Å². The predicted octanol–water partition coefficient (Wildman–Crippen LogP) is 2.70. The minimum atomic E-state index is -0.577. The molecule has 3 heterocycles. The summed E-state index contributed by atoms with van der Waals surface area (Å²) in [4.78, 5) is 9.90. The van der Waals surface area contributed by atoms with E-state index in [1.165, 1.54) is 17.0 Å². The van der Waals surface area contributed by atoms with E-state index in [1.807, 2.05) is 11.6 Å². The Morgan fingerprint density at radius 2 is 1.88 bits per heavy atom. The molecule has 1 aliphatic heterocycles. The Morgan fingerprint density at radius 1 is 1.17 bits per heavy atom. The number of hydrogen-bond donors (Lipinski definition) is 1. The van der Waals surface area contributed by atoms with Crippen LogP contribution in [-0.2, 0) is 7.05 Å². The summed E-state index contributed by atoms with van der Waals surface area (Å²) in [5.74, 6) is -0.517. The summed E-state index contributed by atoms with van der Waals surface area (Å²) in [6.07, 6.45) is 3.28. The first kappa shape index (κ1) is 15.0. The van der Waals surface area contributed by atoms with Crippen LogP contribution in [0.1, 0.15) is 11.5 Å². The van der Waals surface area contributed by atoms with Crippen molar-refractivity contribution in [3.8, 4) is 0 Å². The van der Waals surface area contributed by atoms with E-state index in [-0.39, 0.29) is 11.6 Å². The van der Waals surface area contributed by atoms with Crippen molar-refractivity contribution in [2.24, 2.45) is 7.05 Å². The molecule has 1 saturated heterocycles. The van der Waals surface area contributed by atoms with Gasteiger partial charge in [0, 0.05) is 39.2 Å². The van der Waals surface area contributed by atoms with E-state index in [2.05, 4.69) is 15.3 Å². The molecule has 24 heavy (non-hydrogen) atoms. The van der Waals surface area contributed by atoms with Crippen LogP contribution in [0.5, 0.6) is 0 Å². The highest BCUT2D eigenvalue weighted by molar-refractivity contribution is 5.78. The molecule has 2 aromatic heterocycles. The Labute approximate surface area is 137 Å². The normalized spacial score (nSPS) is 14.8. The van der Waals surface area contributed by atoms with Crippen LogP contribution in [0.2, 0.25) is 0 Å². The van der Waals surface area contributed by atoms with Crippen molar-refractivity contribution in [2.45, 2.75) is 5.92 Å². The van der Waals surface area contributed by atoms with Gasteiger partial charge in [0.1, 0.15) is 28.7 Å². The predicted molar refractivity (Wildman–Crippen MR) is 88.5 cm³/mol. The van der Waals surface area contributed by atoms with Crippen LogP contribution in [0.3, 0.4) is 0 Å². The van der Waals surface area contributed by atoms with Crippen LogP contribution in [-0.4, -0.2) is 34.7 Å². The molecule has 0 amide bonds. The fourth-order valence-electron chi connectivity index (χ4n) is 2.98. The summed E-state index contributed by atoms with van der Waals surface area (Å²) in [5.41, 5.74) is 2.18. The van der Waals surface area contributed by atoms with Gasteiger partial charge in [0.15, 0.2) is 0 Å². The van der Waals surface area contributed by atoms with E-state index >= 15 is 0 Å². The number of fused-ring (bicyclic) bond motifs is 1. The Hall–Kier alpha value is -2.54. The molecule has 0 bridgehead atoms. The monoisotopic (exact) mass is 329 g/mol. The number of pyridine rings is 1. The molecular weight excluding hydrogens is 312 g/mol. The lowest BCUT2D eigenvalue weighted by molar-refractivity contribution is 0.443. The van der Waals surface area contributed by atoms with E-state index < -0.39 is 11.6 Å². The minimum Gasteiger partial charge on any atom is -0.334 e. The second-order valence-electron chi connectivity index (χ2n) is 6.13. The fraction of sp³-hybridized carbons (Fsp3) is 0.294. The first-order chi connectivity index (χ1) is 11.5. The number of nitrogens with one attached hydrogen (secondary N) is 1. The second-order valence-corrected chi connectivity index (χ2v) is 6.13. The highest BCUT2D eigenvalue weighted by Crippen LogP contribution is 2.32. The van der Waals surface area contributed by atoms with Crippen molar-refractivity contribution in [2.75, 3.05) is 25.0 Å². The highest BCUT2D eigenvalue weighted by Gasteiger charge is 2.24. The number of halogens is 2. The van der Waals surface area contributed by atoms with Crippen LogP contribution >= 0.6 is 0 Å². The van der Waals surface area contributed by atoms with Crippen molar-refractivity contribution < 1.29 is 8.78 Å². The maximum absolute atomic E-state index is 14.6. The summed E-state index contributed by atoms with van der Waals surface area (Å²) in [5, 5.41) is 3.11. The van der Waals surface area contributed by atoms with Gasteiger partial charge in [-0.25, -0.2) is 18.7 Å². The van der Waals surface area contributed by atoms with Gasteiger partial charge in [-0.15, -0.1) is 0 Å². The number of imidazole rings is 1. The van der Waals surface area contributed by atoms with Gasteiger partial charge in [-0.3, -0.25) is 0 Å². The van der Waals surface area contributed by atoms with Gasteiger partial charge in [-0.2, -0.15) is 0 Å². The molecular formula is C17H17F2N5. The molecule has 3 aromatic rings. The fourth-order valence-corrected chi connectivity index (χ4v) is 2.98. The molecule has 1 fully saturated rings. The van der Waals surface area contributed by atoms with Crippen LogP contribution in [0.25, 0.3) is 11.0 Å². The van der Waals surface area contributed by atoms with Crippen molar-refractivity contribution in [1.82, 2.24) is 19.9 Å². The maximum Gasteiger partial charge on any atom is 0.150 e. The maximum atomic E-state index is 14.6. The third-order valence-electron chi connectivity index (χ3n) is 4.57. The molecule has 0 saturated carbocycles. The standard InChI is InChI=1S/C17H17F2N5/c1-23-9-22-14-8-21-16(5-15(14)23)24(2)17-12(18)3-10(4-13(17)19)11-6-20-7-11/h3-5,8-9,11,20H,6-7H2,1-2H3. The molecule has 0 radical (unpaired) electrons. The zero-order valence-electron chi connectivity index (χ0n) is 13.4. The highest BCUT2D eigenvalue weighted by atomic mass is 19.1. The Kier molecular flexibility index (Phi) is 3.45. The lowest BCUT2D eigenvalue weighted by atomic mass is 9.93. The van der Waals surface area contributed by atoms with Gasteiger partial charge < -0.3 is 14.8 Å². The van der Waals surface area contributed by atoms with Crippen molar-refractivity contribution in [1.29, 1.82) is 0 Å². The van der Waals surface area contributed by atoms with Crippen LogP contribution < -0.4 is 10.2 Å². The van der Waals surface area contributed by atoms with E-state index in [1.54, 1.807) is 25.6 Å². The largest absolute Gasteiger partial charge is 0.334 e. The molecule has 4 rings (SSSR count). The molecule has 0 atom stereocenters. The summed E-state index contributed by atoms with van der Waals surface area (Å²) in [6, 6.07) is 4.61. The van der Waals surface area contributed by atoms with E-state index in [0.29, 0.717) is 11.4 Å². The lowest BCUT2D eigenvalue weighted by Crippen LogP contribution is -2.40. The zero-order chi connectivity index (χ0) is 16.8. The molecule has 7 heteroatoms. The van der Waals surface area contributed by atoms with E-state index in [4.69, 9.17) is 0 Å². The minimum absolute atomic E-state index is 0.0972. The number of anilines is 2. The van der Waals surface area contributed by atoms with Crippen LogP contribution in [0, 0.1) is 11.6 Å². The number of rotatable bonds is 3. The number of aromatic nitrogens is 3. The third kappa shape index (κ3) is 2.32. The third-order valence-corrected chi connectivity index (χ3v) is 4.57. The van der Waals surface area contributed by atoms with E-state index in [0.717, 1.165) is 24.1 Å². The van der Waals surface area contributed by atoms with Gasteiger partial charge in [-0.1, -0.05) is 0 Å². The van der Waals surface area contributed by atoms with Crippen LogP contribution in [0.4, 0.5) is 20.3 Å². The number of benzene rings is 1. The van der Waals surface area contributed by atoms with Gasteiger partial charge in [0.2, 0.25) is 0 Å². The van der Waals surface area contributed by atoms with Crippen molar-refractivity contribution in [3.05, 3.63) is 47.9 Å². The average molecular weight is 329 g/mol. The Balaban J connectivity index is 1.74. The molecule has 1 aromatic carbocycles. The van der Waals surface area contributed by atoms with Gasteiger partial charge in [0.05, 0.1) is 18.0 Å². The summed E-state index contributed by atoms with van der Waals surface area (Å²) in [7, 11) is 3.47. The molecule has 0 aliphatic carbocycles. The van der Waals surface area contributed by atoms with Crippen molar-refractivity contribution in [3.63, 3.8) is 0 Å². The Bertz CT molecular complexity index is 893. The van der Waals surface area contributed by atoms with E-state index in [9.17, 15) is 8.78 Å². The smallest absolute Gasteiger partial charge is 0.150 e. The zero-order valence-corrected chi connectivity index (χ0v) is 13.4. The molecule has 0 unspecified atom stereocenters.